The molecule has 0 bridgehead atoms. The molecule has 1 fully saturated rings. The van der Waals surface area contributed by atoms with Gasteiger partial charge in [0.2, 0.25) is 0 Å². The number of hydrogen-bond donors (Lipinski definition) is 4. The van der Waals surface area contributed by atoms with Gasteiger partial charge in [-0.1, -0.05) is 13.8 Å². The first-order chi connectivity index (χ1) is 14.8. The van der Waals surface area contributed by atoms with Crippen molar-refractivity contribution in [2.75, 3.05) is 17.6 Å². The van der Waals surface area contributed by atoms with Gasteiger partial charge in [-0.15, -0.1) is 0 Å². The summed E-state index contributed by atoms with van der Waals surface area (Å²) in [6, 6.07) is 3.17. The summed E-state index contributed by atoms with van der Waals surface area (Å²) in [7, 11) is 0. The van der Waals surface area contributed by atoms with Gasteiger partial charge in [0.15, 0.2) is 0 Å². The molecule has 1 saturated heterocycles. The molecule has 164 valence electrons. The van der Waals surface area contributed by atoms with Gasteiger partial charge >= 0.3 is 11.8 Å². The van der Waals surface area contributed by atoms with E-state index >= 15 is 0 Å². The number of allylic oxidation sites excluding steroid dienone is 1. The number of likely N-dealkylation sites (tertiary alicyclic amines) is 1. The van der Waals surface area contributed by atoms with Crippen molar-refractivity contribution in [2.45, 2.75) is 39.2 Å². The van der Waals surface area contributed by atoms with Crippen molar-refractivity contribution in [1.82, 2.24) is 19.7 Å². The van der Waals surface area contributed by atoms with Crippen LogP contribution in [0.15, 0.2) is 30.6 Å². The molecule has 0 saturated carbocycles. The van der Waals surface area contributed by atoms with Gasteiger partial charge in [-0.2, -0.15) is 5.10 Å². The Bertz CT molecular complexity index is 1010. The number of pyridine rings is 1. The molecule has 31 heavy (non-hydrogen) atoms. The molecule has 0 radical (unpaired) electrons. The number of nitrogens with zero attached hydrogens (tertiary/aromatic N) is 4. The van der Waals surface area contributed by atoms with Crippen LogP contribution in [0.5, 0.6) is 0 Å². The van der Waals surface area contributed by atoms with Crippen molar-refractivity contribution in [2.24, 2.45) is 11.7 Å². The third-order valence-electron chi connectivity index (χ3n) is 5.38. The number of hydrogen-bond acceptors (Lipinski definition) is 7. The zero-order chi connectivity index (χ0) is 22.5. The number of rotatable bonds is 5. The molecule has 0 spiro atoms. The van der Waals surface area contributed by atoms with Crippen molar-refractivity contribution >= 4 is 35.4 Å². The number of nitrogens with one attached hydrogen (secondary N) is 2. The van der Waals surface area contributed by atoms with Crippen LogP contribution in [0.2, 0.25) is 0 Å². The van der Waals surface area contributed by atoms with Gasteiger partial charge in [-0.25, -0.2) is 9.67 Å². The normalized spacial score (nSPS) is 19.2. The van der Waals surface area contributed by atoms with E-state index in [2.05, 4.69) is 22.3 Å². The van der Waals surface area contributed by atoms with E-state index in [0.717, 1.165) is 18.2 Å². The Kier molecular flexibility index (Phi) is 6.68. The van der Waals surface area contributed by atoms with Crippen LogP contribution in [0.25, 0.3) is 5.82 Å². The SMILES string of the molecule is CCc1cc(NC(=O)C(=O)N2C[C@@H](C)CC[C@@H]2c2ccn(/C(N)=C/C=N)n2)cnc1N. The summed E-state index contributed by atoms with van der Waals surface area (Å²) in [5, 5.41) is 14.2. The van der Waals surface area contributed by atoms with Crippen LogP contribution in [0.4, 0.5) is 11.5 Å². The number of carbonyl (C=O) groups is 2. The number of aromatic nitrogens is 3. The summed E-state index contributed by atoms with van der Waals surface area (Å²) in [6.45, 7) is 4.44. The number of nitrogens with two attached hydrogens (primary N) is 2. The van der Waals surface area contributed by atoms with Crippen LogP contribution in [-0.4, -0.2) is 44.2 Å². The van der Waals surface area contributed by atoms with Crippen LogP contribution >= 0.6 is 0 Å². The highest BCUT2D eigenvalue weighted by molar-refractivity contribution is 6.39. The minimum Gasteiger partial charge on any atom is -0.384 e. The lowest BCUT2D eigenvalue weighted by Gasteiger charge is -2.37. The van der Waals surface area contributed by atoms with Gasteiger partial charge < -0.3 is 27.1 Å². The highest BCUT2D eigenvalue weighted by atomic mass is 16.2. The van der Waals surface area contributed by atoms with E-state index < -0.39 is 11.8 Å². The fourth-order valence-electron chi connectivity index (χ4n) is 3.69. The molecule has 2 atom stereocenters. The fraction of sp³-hybridized carbons (Fsp3) is 0.381. The smallest absolute Gasteiger partial charge is 0.313 e. The zero-order valence-electron chi connectivity index (χ0n) is 17.7. The van der Waals surface area contributed by atoms with Gasteiger partial charge in [0.05, 0.1) is 23.6 Å². The molecule has 6 N–H and O–H groups in total. The summed E-state index contributed by atoms with van der Waals surface area (Å²) in [6.07, 6.45) is 7.88. The zero-order valence-corrected chi connectivity index (χ0v) is 17.7. The van der Waals surface area contributed by atoms with E-state index in [0.29, 0.717) is 42.4 Å². The first kappa shape index (κ1) is 22.0. The van der Waals surface area contributed by atoms with Crippen molar-refractivity contribution in [1.29, 1.82) is 5.41 Å². The van der Waals surface area contributed by atoms with Crippen molar-refractivity contribution < 1.29 is 9.59 Å². The lowest BCUT2D eigenvalue weighted by Crippen LogP contribution is -2.46. The highest BCUT2D eigenvalue weighted by Crippen LogP contribution is 2.33. The molecule has 3 rings (SSSR count). The lowest BCUT2D eigenvalue weighted by molar-refractivity contribution is -0.146. The minimum atomic E-state index is -0.727. The maximum absolute atomic E-state index is 13.1. The summed E-state index contributed by atoms with van der Waals surface area (Å²) in [4.78, 5) is 31.4. The summed E-state index contributed by atoms with van der Waals surface area (Å²) >= 11 is 0. The molecular weight excluding hydrogens is 396 g/mol. The average Bonchev–Trinajstić information content (AvgIpc) is 3.24. The summed E-state index contributed by atoms with van der Waals surface area (Å²) in [5.74, 6) is -0.380. The molecule has 2 aromatic rings. The molecule has 0 unspecified atom stereocenters. The predicted molar refractivity (Wildman–Crippen MR) is 119 cm³/mol. The maximum atomic E-state index is 13.1. The van der Waals surface area contributed by atoms with Crippen LogP contribution in [0, 0.1) is 11.3 Å². The molecule has 3 heterocycles. The molecular formula is C21H28N8O2. The quantitative estimate of drug-likeness (QED) is 0.423. The van der Waals surface area contributed by atoms with Gasteiger partial charge in [-0.05, 0) is 49.0 Å². The Morgan fingerprint density at radius 2 is 2.16 bits per heavy atom. The van der Waals surface area contributed by atoms with Gasteiger partial charge in [0.25, 0.3) is 0 Å². The number of nitrogen functional groups attached to an aromatic ring is 1. The number of carbonyl (C=O) groups excluding carboxylic acids is 2. The molecule has 1 aliphatic rings. The van der Waals surface area contributed by atoms with Crippen molar-refractivity contribution in [3.8, 4) is 0 Å². The Hall–Kier alpha value is -3.69. The first-order valence-corrected chi connectivity index (χ1v) is 10.2. The third kappa shape index (κ3) is 4.90. The van der Waals surface area contributed by atoms with E-state index in [-0.39, 0.29) is 12.0 Å². The summed E-state index contributed by atoms with van der Waals surface area (Å²) in [5.41, 5.74) is 13.6. The van der Waals surface area contributed by atoms with E-state index in [4.69, 9.17) is 16.9 Å². The van der Waals surface area contributed by atoms with E-state index in [1.54, 1.807) is 23.2 Å². The Labute approximate surface area is 180 Å². The predicted octanol–water partition coefficient (Wildman–Crippen LogP) is 1.77. The van der Waals surface area contributed by atoms with Gasteiger partial charge in [-0.3, -0.25) is 9.59 Å². The van der Waals surface area contributed by atoms with Crippen LogP contribution in [0.3, 0.4) is 0 Å². The maximum Gasteiger partial charge on any atom is 0.313 e. The molecule has 2 amide bonds. The highest BCUT2D eigenvalue weighted by Gasteiger charge is 2.35. The minimum absolute atomic E-state index is 0.267. The lowest BCUT2D eigenvalue weighted by atomic mass is 9.92. The average molecular weight is 425 g/mol. The number of amides is 2. The Balaban J connectivity index is 1.80. The molecule has 10 nitrogen and oxygen atoms in total. The number of anilines is 2. The van der Waals surface area contributed by atoms with Crippen molar-refractivity contribution in [3.63, 3.8) is 0 Å². The Morgan fingerprint density at radius 3 is 2.87 bits per heavy atom. The second-order valence-corrected chi connectivity index (χ2v) is 7.68. The first-order valence-electron chi connectivity index (χ1n) is 10.2. The standard InChI is InChI=1S/C21H28N8O2/c1-3-14-10-15(11-25-19(14)24)26-20(30)21(31)28-12-13(2)4-5-17(28)16-7-9-29(27-16)18(23)6-8-22/h6-11,13,17,22H,3-5,12,23H2,1-2H3,(H2,24,25)(H,26,30)/b18-6+,22-8?/t13-,17+/m0/s1. The fourth-order valence-corrected chi connectivity index (χ4v) is 3.69. The topological polar surface area (TPSA) is 156 Å². The third-order valence-corrected chi connectivity index (χ3v) is 5.38. The van der Waals surface area contributed by atoms with Crippen molar-refractivity contribution in [3.05, 3.63) is 41.9 Å². The summed E-state index contributed by atoms with van der Waals surface area (Å²) < 4.78 is 1.45. The monoisotopic (exact) mass is 424 g/mol. The number of aryl methyl sites for hydroxylation is 1. The van der Waals surface area contributed by atoms with Gasteiger partial charge in [0.1, 0.15) is 11.6 Å². The Morgan fingerprint density at radius 1 is 1.39 bits per heavy atom. The largest absolute Gasteiger partial charge is 0.384 e. The van der Waals surface area contributed by atoms with Gasteiger partial charge in [0, 0.05) is 19.0 Å². The second-order valence-electron chi connectivity index (χ2n) is 7.68. The van der Waals surface area contributed by atoms with E-state index in [9.17, 15) is 9.59 Å². The molecule has 0 aliphatic carbocycles. The number of piperidine rings is 1. The van der Waals surface area contributed by atoms with E-state index in [1.807, 2.05) is 6.92 Å². The molecule has 2 aromatic heterocycles. The molecule has 1 aliphatic heterocycles. The second kappa shape index (κ2) is 9.41. The molecule has 10 heteroatoms. The van der Waals surface area contributed by atoms with Crippen LogP contribution < -0.4 is 16.8 Å². The van der Waals surface area contributed by atoms with Crippen LogP contribution in [-0.2, 0) is 16.0 Å². The van der Waals surface area contributed by atoms with E-state index in [1.165, 1.54) is 17.0 Å². The van der Waals surface area contributed by atoms with Crippen LogP contribution in [0.1, 0.15) is 44.0 Å². The molecule has 0 aromatic carbocycles.